The zero-order valence-electron chi connectivity index (χ0n) is 20.1. The van der Waals surface area contributed by atoms with Crippen molar-refractivity contribution >= 4 is 39.1 Å². The Hall–Kier alpha value is -1.02. The zero-order chi connectivity index (χ0) is 25.8. The monoisotopic (exact) mass is 576 g/mol. The van der Waals surface area contributed by atoms with Crippen LogP contribution < -0.4 is 10.3 Å². The summed E-state index contributed by atoms with van der Waals surface area (Å²) >= 11 is 12.0. The van der Waals surface area contributed by atoms with Gasteiger partial charge in [-0.2, -0.15) is 0 Å². The SMILES string of the molecule is O=C(NNS(=O)(=O)c1cccc(Cl)c1Cl)C1O[C@@H]2OC3(CCCCC3)O[C@@H]2[C@H]2OC3(CCCCC3)O[C@@H]12. The van der Waals surface area contributed by atoms with Crippen molar-refractivity contribution in [2.75, 3.05) is 0 Å². The van der Waals surface area contributed by atoms with Crippen LogP contribution in [0.15, 0.2) is 23.1 Å². The Balaban J connectivity index is 1.23. The molecule has 2 saturated carbocycles. The fourth-order valence-electron chi connectivity index (χ4n) is 6.10. The number of rotatable bonds is 4. The molecule has 3 heterocycles. The summed E-state index contributed by atoms with van der Waals surface area (Å²) in [6, 6.07) is 4.20. The molecule has 5 atom stereocenters. The Morgan fingerprint density at radius 2 is 1.43 bits per heavy atom. The molecular weight excluding hydrogens is 547 g/mol. The Morgan fingerprint density at radius 3 is 2.11 bits per heavy atom. The topological polar surface area (TPSA) is 121 Å². The molecule has 0 radical (unpaired) electrons. The molecule has 37 heavy (non-hydrogen) atoms. The van der Waals surface area contributed by atoms with E-state index in [0.29, 0.717) is 12.8 Å². The second-order valence-electron chi connectivity index (χ2n) is 10.4. The van der Waals surface area contributed by atoms with Gasteiger partial charge in [-0.25, -0.2) is 8.42 Å². The van der Waals surface area contributed by atoms with E-state index in [9.17, 15) is 13.2 Å². The number of amides is 1. The van der Waals surface area contributed by atoms with Crippen molar-refractivity contribution in [1.82, 2.24) is 10.3 Å². The molecular formula is C24H30Cl2N2O8S. The Morgan fingerprint density at radius 1 is 0.838 bits per heavy atom. The van der Waals surface area contributed by atoms with Gasteiger partial charge in [0.05, 0.1) is 10.0 Å². The van der Waals surface area contributed by atoms with Crippen molar-refractivity contribution in [3.63, 3.8) is 0 Å². The van der Waals surface area contributed by atoms with Gasteiger partial charge in [-0.15, -0.1) is 4.83 Å². The number of sulfonamides is 1. The van der Waals surface area contributed by atoms with E-state index >= 15 is 0 Å². The molecule has 13 heteroatoms. The van der Waals surface area contributed by atoms with Crippen LogP contribution >= 0.6 is 23.2 Å². The molecule has 10 nitrogen and oxygen atoms in total. The first-order chi connectivity index (χ1) is 17.7. The van der Waals surface area contributed by atoms with Gasteiger partial charge in [-0.1, -0.05) is 42.1 Å². The number of benzene rings is 1. The number of fused-ring (bicyclic) bond motifs is 3. The van der Waals surface area contributed by atoms with Gasteiger partial charge in [0, 0.05) is 25.7 Å². The lowest BCUT2D eigenvalue weighted by molar-refractivity contribution is -0.247. The first-order valence-electron chi connectivity index (χ1n) is 12.8. The number of ether oxygens (including phenoxy) is 5. The summed E-state index contributed by atoms with van der Waals surface area (Å²) in [6.45, 7) is 0. The van der Waals surface area contributed by atoms with Crippen LogP contribution in [0.5, 0.6) is 0 Å². The summed E-state index contributed by atoms with van der Waals surface area (Å²) in [5.41, 5.74) is 2.26. The number of hydrogen-bond acceptors (Lipinski definition) is 8. The molecule has 2 N–H and O–H groups in total. The van der Waals surface area contributed by atoms with E-state index in [4.69, 9.17) is 46.9 Å². The van der Waals surface area contributed by atoms with Gasteiger partial charge in [0.15, 0.2) is 24.0 Å². The van der Waals surface area contributed by atoms with Crippen molar-refractivity contribution in [3.05, 3.63) is 28.2 Å². The van der Waals surface area contributed by atoms with Crippen LogP contribution in [0.1, 0.15) is 64.2 Å². The third-order valence-electron chi connectivity index (χ3n) is 7.88. The lowest BCUT2D eigenvalue weighted by Gasteiger charge is -2.36. The lowest BCUT2D eigenvalue weighted by Crippen LogP contribution is -2.61. The largest absolute Gasteiger partial charge is 0.341 e. The third kappa shape index (κ3) is 4.81. The summed E-state index contributed by atoms with van der Waals surface area (Å²) in [4.78, 5) is 15.2. The average molecular weight is 577 g/mol. The van der Waals surface area contributed by atoms with E-state index in [1.165, 1.54) is 18.2 Å². The molecule has 0 aromatic heterocycles. The minimum Gasteiger partial charge on any atom is -0.341 e. The van der Waals surface area contributed by atoms with E-state index in [0.717, 1.165) is 51.4 Å². The molecule has 0 bridgehead atoms. The van der Waals surface area contributed by atoms with E-state index in [1.807, 2.05) is 0 Å². The van der Waals surface area contributed by atoms with Gasteiger partial charge in [-0.3, -0.25) is 10.2 Å². The van der Waals surface area contributed by atoms with Gasteiger partial charge in [0.25, 0.3) is 15.9 Å². The van der Waals surface area contributed by atoms with Crippen molar-refractivity contribution in [2.45, 2.75) is 111 Å². The van der Waals surface area contributed by atoms with Crippen molar-refractivity contribution in [3.8, 4) is 0 Å². The predicted molar refractivity (Wildman–Crippen MR) is 131 cm³/mol. The summed E-state index contributed by atoms with van der Waals surface area (Å²) in [5.74, 6) is -2.32. The fourth-order valence-corrected chi connectivity index (χ4v) is 7.71. The quantitative estimate of drug-likeness (QED) is 0.522. The summed E-state index contributed by atoms with van der Waals surface area (Å²) in [5, 5.41) is -0.0755. The normalized spacial score (nSPS) is 34.3. The van der Waals surface area contributed by atoms with E-state index in [-0.39, 0.29) is 14.9 Å². The van der Waals surface area contributed by atoms with Crippen molar-refractivity contribution in [1.29, 1.82) is 0 Å². The first kappa shape index (κ1) is 26.2. The average Bonchev–Trinajstić information content (AvgIpc) is 3.42. The maximum atomic E-state index is 13.3. The highest BCUT2D eigenvalue weighted by Gasteiger charge is 2.65. The molecule has 2 aliphatic carbocycles. The van der Waals surface area contributed by atoms with Crippen molar-refractivity contribution in [2.24, 2.45) is 0 Å². The number of nitrogens with one attached hydrogen (secondary N) is 2. The van der Waals surface area contributed by atoms with Gasteiger partial charge >= 0.3 is 0 Å². The second-order valence-corrected chi connectivity index (χ2v) is 12.8. The number of hydrazine groups is 1. The highest BCUT2D eigenvalue weighted by molar-refractivity contribution is 7.89. The maximum Gasteiger partial charge on any atom is 0.267 e. The van der Waals surface area contributed by atoms with Crippen LogP contribution in [0.4, 0.5) is 0 Å². The van der Waals surface area contributed by atoms with Crippen LogP contribution in [-0.4, -0.2) is 56.6 Å². The summed E-state index contributed by atoms with van der Waals surface area (Å²) < 4.78 is 57.4. The minimum atomic E-state index is -4.22. The molecule has 204 valence electrons. The fraction of sp³-hybridized carbons (Fsp3) is 0.708. The van der Waals surface area contributed by atoms with Crippen LogP contribution in [0.3, 0.4) is 0 Å². The maximum absolute atomic E-state index is 13.3. The Kier molecular flexibility index (Phi) is 6.99. The number of halogens is 2. The van der Waals surface area contributed by atoms with E-state index in [1.54, 1.807) is 0 Å². The first-order valence-corrected chi connectivity index (χ1v) is 15.1. The predicted octanol–water partition coefficient (Wildman–Crippen LogP) is 3.55. The highest BCUT2D eigenvalue weighted by atomic mass is 35.5. The van der Waals surface area contributed by atoms with E-state index < -0.39 is 58.2 Å². The molecule has 1 unspecified atom stereocenters. The molecule has 3 saturated heterocycles. The minimum absolute atomic E-state index is 0.0738. The van der Waals surface area contributed by atoms with Crippen LogP contribution in [0, 0.1) is 0 Å². The van der Waals surface area contributed by atoms with Crippen LogP contribution in [0.25, 0.3) is 0 Å². The van der Waals surface area contributed by atoms with Crippen LogP contribution in [0.2, 0.25) is 10.0 Å². The zero-order valence-corrected chi connectivity index (χ0v) is 22.4. The van der Waals surface area contributed by atoms with Crippen molar-refractivity contribution < 1.29 is 36.9 Å². The summed E-state index contributed by atoms with van der Waals surface area (Å²) in [6.07, 6.45) is 5.00. The molecule has 1 aromatic carbocycles. The molecule has 2 spiro atoms. The van der Waals surface area contributed by atoms with Crippen LogP contribution in [-0.2, 0) is 38.5 Å². The van der Waals surface area contributed by atoms with Gasteiger partial charge < -0.3 is 23.7 Å². The smallest absolute Gasteiger partial charge is 0.267 e. The molecule has 6 rings (SSSR count). The van der Waals surface area contributed by atoms with E-state index in [2.05, 4.69) is 10.3 Å². The summed E-state index contributed by atoms with van der Waals surface area (Å²) in [7, 11) is -4.22. The third-order valence-corrected chi connectivity index (χ3v) is 10.1. The van der Waals surface area contributed by atoms with Gasteiger partial charge in [0.1, 0.15) is 23.2 Å². The van der Waals surface area contributed by atoms with Gasteiger partial charge in [0.2, 0.25) is 0 Å². The molecule has 5 fully saturated rings. The molecule has 5 aliphatic rings. The lowest BCUT2D eigenvalue weighted by atomic mass is 9.94. The molecule has 1 amide bonds. The molecule has 1 aromatic rings. The number of hydrogen-bond donors (Lipinski definition) is 2. The highest BCUT2D eigenvalue weighted by Crippen LogP contribution is 2.50. The Bertz CT molecular complexity index is 1160. The molecule has 3 aliphatic heterocycles. The second kappa shape index (κ2) is 9.87. The van der Waals surface area contributed by atoms with Gasteiger partial charge in [-0.05, 0) is 37.8 Å². The standard InChI is InChI=1S/C24H30Cl2N2O8S/c25-14-8-7-9-15(16(14)26)37(30,31)28-27-21(29)19-17-18(34-23(33-17)10-3-1-4-11-23)20-22(32-19)36-24(35-20)12-5-2-6-13-24/h7-9,17-20,22,28H,1-6,10-13H2,(H,27,29)/t17-,18+,19?,20-,22-/m1/s1. The number of carbonyl (C=O) groups is 1. The Labute approximate surface area is 225 Å². The number of carbonyl (C=O) groups excluding carboxylic acids is 1.